The number of para-hydroxylation sites is 6. The molecule has 6 aliphatic rings. The summed E-state index contributed by atoms with van der Waals surface area (Å²) in [6.45, 7) is 24.0. The molecular formula is C78H102N6O12. The average molecular weight is 1320 g/mol. The van der Waals surface area contributed by atoms with E-state index in [-0.39, 0.29) is 115 Å². The maximum atomic E-state index is 11.2. The highest BCUT2D eigenvalue weighted by Crippen LogP contribution is 2.22. The van der Waals surface area contributed by atoms with Gasteiger partial charge in [-0.3, -0.25) is 57.5 Å². The number of anilines is 6. The lowest BCUT2D eigenvalue weighted by atomic mass is 10.3. The molecule has 0 bridgehead atoms. The van der Waals surface area contributed by atoms with Gasteiger partial charge in [-0.1, -0.05) is 237 Å². The van der Waals surface area contributed by atoms with E-state index in [1.165, 1.54) is 72.9 Å². The Morgan fingerprint density at radius 3 is 0.292 bits per heavy atom. The van der Waals surface area contributed by atoms with Gasteiger partial charge in [-0.2, -0.15) is 0 Å². The third kappa shape index (κ3) is 28.6. The molecule has 0 unspecified atom stereocenters. The van der Waals surface area contributed by atoms with Crippen molar-refractivity contribution in [2.45, 2.75) is 128 Å². The summed E-state index contributed by atoms with van der Waals surface area (Å²) >= 11 is 0. The molecule has 18 nitrogen and oxygen atoms in total. The molecule has 0 saturated heterocycles. The highest BCUT2D eigenvalue weighted by molar-refractivity contribution is 6.31. The normalized spacial score (nSPS) is 13.0. The molecule has 0 radical (unpaired) electrons. The molecule has 12 rings (SSSR count). The van der Waals surface area contributed by atoms with E-state index in [0.29, 0.717) is 34.1 Å². The highest BCUT2D eigenvalue weighted by atomic mass is 16.2. The Kier molecular flexibility index (Phi) is 54.0. The Balaban J connectivity index is -0.000000242. The lowest BCUT2D eigenvalue weighted by Crippen LogP contribution is -2.29. The van der Waals surface area contributed by atoms with Crippen LogP contribution in [0.15, 0.2) is 255 Å². The van der Waals surface area contributed by atoms with Crippen LogP contribution >= 0.6 is 0 Å². The second-order valence-corrected chi connectivity index (χ2v) is 16.1. The van der Waals surface area contributed by atoms with E-state index in [1.54, 1.807) is 146 Å². The van der Waals surface area contributed by atoms with Crippen LogP contribution in [0.1, 0.15) is 128 Å². The number of imide groups is 6. The van der Waals surface area contributed by atoms with E-state index in [0.717, 1.165) is 29.4 Å². The van der Waals surface area contributed by atoms with Crippen molar-refractivity contribution in [3.05, 3.63) is 255 Å². The van der Waals surface area contributed by atoms with Crippen LogP contribution in [0.4, 0.5) is 34.1 Å². The fourth-order valence-corrected chi connectivity index (χ4v) is 7.39. The molecule has 0 fully saturated rings. The summed E-state index contributed by atoms with van der Waals surface area (Å²) in [6, 6.07) is 53.1. The van der Waals surface area contributed by atoms with E-state index >= 15 is 0 Å². The number of rotatable bonds is 6. The van der Waals surface area contributed by atoms with Gasteiger partial charge in [-0.25, -0.2) is 29.4 Å². The van der Waals surface area contributed by atoms with E-state index in [2.05, 4.69) is 0 Å². The van der Waals surface area contributed by atoms with Gasteiger partial charge in [0.15, 0.2) is 0 Å². The van der Waals surface area contributed by atoms with Crippen molar-refractivity contribution in [2.75, 3.05) is 29.4 Å². The quantitative estimate of drug-likeness (QED) is 0.142. The van der Waals surface area contributed by atoms with Crippen LogP contribution in [-0.2, 0) is 57.5 Å². The zero-order chi connectivity index (χ0) is 67.6. The zero-order valence-corrected chi connectivity index (χ0v) is 52.8. The SMILES string of the molecule is C.C.C.C.C.C.CC.CC.CC.CC.CC.CC.O=C1C=CC(=O)N1c1ccccc1.O=C1C=CC(=O)N1c1ccccc1.O=C1C=CC(=O)N1c1ccccc1.O=C1C=CC(=O)N1c1ccccc1.O=C1C=CC(=O)N1c1ccccc1.O=C1C=CC(=O)N1c1ccccc1. The predicted molar refractivity (Wildman–Crippen MR) is 397 cm³/mol. The van der Waals surface area contributed by atoms with E-state index < -0.39 is 0 Å². The van der Waals surface area contributed by atoms with Gasteiger partial charge in [0.2, 0.25) is 0 Å². The summed E-state index contributed by atoms with van der Waals surface area (Å²) < 4.78 is 0. The predicted octanol–water partition coefficient (Wildman–Crippen LogP) is 16.7. The molecule has 0 aliphatic carbocycles. The minimum Gasteiger partial charge on any atom is -0.269 e. The van der Waals surface area contributed by atoms with Crippen LogP contribution in [0.3, 0.4) is 0 Å². The first-order valence-electron chi connectivity index (χ1n) is 29.4. The number of carbonyl (C=O) groups excluding carboxylic acids is 12. The van der Waals surface area contributed by atoms with Crippen LogP contribution < -0.4 is 29.4 Å². The molecule has 516 valence electrons. The fraction of sp³-hybridized carbons (Fsp3) is 0.231. The minimum atomic E-state index is -0.281. The lowest BCUT2D eigenvalue weighted by molar-refractivity contribution is -0.121. The Labute approximate surface area is 571 Å². The first kappa shape index (κ1) is 95.7. The smallest absolute Gasteiger partial charge is 0.258 e. The summed E-state index contributed by atoms with van der Waals surface area (Å²) in [5, 5.41) is 0. The molecular weight excluding hydrogens is 1210 g/mol. The van der Waals surface area contributed by atoms with Gasteiger partial charge in [0.1, 0.15) is 0 Å². The minimum absolute atomic E-state index is 0. The van der Waals surface area contributed by atoms with Crippen LogP contribution in [0.2, 0.25) is 0 Å². The van der Waals surface area contributed by atoms with Crippen LogP contribution in [0.25, 0.3) is 0 Å². The molecule has 6 aliphatic heterocycles. The highest BCUT2D eigenvalue weighted by Gasteiger charge is 2.29. The fourth-order valence-electron chi connectivity index (χ4n) is 7.39. The molecule has 18 heteroatoms. The molecule has 6 aromatic carbocycles. The molecule has 96 heavy (non-hydrogen) atoms. The number of hydrogen-bond acceptors (Lipinski definition) is 12. The molecule has 12 amide bonds. The van der Waals surface area contributed by atoms with Gasteiger partial charge >= 0.3 is 0 Å². The van der Waals surface area contributed by atoms with E-state index in [4.69, 9.17) is 0 Å². The standard InChI is InChI=1S/6C10H7NO2.6C2H6.6CH4/c6*12-9-6-7-10(13)11(9)8-4-2-1-3-5-8;6*1-2;;;;;;/h6*1-7H;6*1-2H3;6*1H4. The number of benzene rings is 6. The van der Waals surface area contributed by atoms with Crippen molar-refractivity contribution in [1.82, 2.24) is 0 Å². The van der Waals surface area contributed by atoms with Gasteiger partial charge < -0.3 is 0 Å². The Morgan fingerprint density at radius 2 is 0.219 bits per heavy atom. The maximum Gasteiger partial charge on any atom is 0.258 e. The van der Waals surface area contributed by atoms with Gasteiger partial charge in [-0.05, 0) is 72.8 Å². The molecule has 0 N–H and O–H groups in total. The molecule has 0 aromatic heterocycles. The number of nitrogens with zero attached hydrogens (tertiary/aromatic N) is 6. The molecule has 0 atom stereocenters. The summed E-state index contributed by atoms with van der Waals surface area (Å²) in [7, 11) is 0. The van der Waals surface area contributed by atoms with E-state index in [9.17, 15) is 57.5 Å². The van der Waals surface area contributed by atoms with E-state index in [1.807, 2.05) is 119 Å². The monoisotopic (exact) mass is 1310 g/mol. The first-order chi connectivity index (χ1) is 43.7. The van der Waals surface area contributed by atoms with Gasteiger partial charge in [0.05, 0.1) is 34.1 Å². The maximum absolute atomic E-state index is 11.2. The Hall–Kier alpha value is -11.4. The summed E-state index contributed by atoms with van der Waals surface area (Å²) in [5.74, 6) is -3.38. The third-order valence-electron chi connectivity index (χ3n) is 10.9. The van der Waals surface area contributed by atoms with Gasteiger partial charge in [0, 0.05) is 72.9 Å². The van der Waals surface area contributed by atoms with Crippen molar-refractivity contribution in [3.8, 4) is 0 Å². The third-order valence-corrected chi connectivity index (χ3v) is 10.9. The zero-order valence-electron chi connectivity index (χ0n) is 52.8. The van der Waals surface area contributed by atoms with Crippen molar-refractivity contribution >= 4 is 105 Å². The topological polar surface area (TPSA) is 224 Å². The van der Waals surface area contributed by atoms with Crippen molar-refractivity contribution < 1.29 is 57.5 Å². The molecule has 6 heterocycles. The van der Waals surface area contributed by atoms with Crippen molar-refractivity contribution in [3.63, 3.8) is 0 Å². The number of hydrogen-bond donors (Lipinski definition) is 0. The first-order valence-corrected chi connectivity index (χ1v) is 29.4. The van der Waals surface area contributed by atoms with Crippen molar-refractivity contribution in [2.24, 2.45) is 0 Å². The van der Waals surface area contributed by atoms with Gasteiger partial charge in [0.25, 0.3) is 70.9 Å². The second-order valence-electron chi connectivity index (χ2n) is 16.1. The van der Waals surface area contributed by atoms with Crippen LogP contribution in [-0.4, -0.2) is 70.9 Å². The van der Waals surface area contributed by atoms with Crippen LogP contribution in [0, 0.1) is 0 Å². The molecule has 0 saturated carbocycles. The largest absolute Gasteiger partial charge is 0.269 e. The lowest BCUT2D eigenvalue weighted by Gasteiger charge is -2.12. The van der Waals surface area contributed by atoms with Gasteiger partial charge in [-0.15, -0.1) is 0 Å². The van der Waals surface area contributed by atoms with Crippen LogP contribution in [0.5, 0.6) is 0 Å². The average Bonchev–Trinajstić information content (AvgIpc) is 1.75. The van der Waals surface area contributed by atoms with Crippen molar-refractivity contribution in [1.29, 1.82) is 0 Å². The summed E-state index contributed by atoms with van der Waals surface area (Å²) in [6.07, 6.45) is 15.3. The number of carbonyl (C=O) groups is 12. The second kappa shape index (κ2) is 54.2. The Morgan fingerprint density at radius 1 is 0.146 bits per heavy atom. The summed E-state index contributed by atoms with van der Waals surface area (Å²) in [5.41, 5.74) is 3.68. The summed E-state index contributed by atoms with van der Waals surface area (Å²) in [4.78, 5) is 141. The number of amides is 12. The molecule has 6 aromatic rings. The molecule has 0 spiro atoms. The Bertz CT molecular complexity index is 2790.